The largest absolute Gasteiger partial charge is 0.336 e. The second-order valence-electron chi connectivity index (χ2n) is 4.47. The third-order valence-corrected chi connectivity index (χ3v) is 3.79. The number of piperazine rings is 1. The van der Waals surface area contributed by atoms with Crippen LogP contribution in [0.25, 0.3) is 0 Å². The molecule has 1 fully saturated rings. The molecule has 1 saturated heterocycles. The van der Waals surface area contributed by atoms with Gasteiger partial charge in [-0.2, -0.15) is 0 Å². The van der Waals surface area contributed by atoms with Crippen LogP contribution < -0.4 is 0 Å². The van der Waals surface area contributed by atoms with Gasteiger partial charge in [0.15, 0.2) is 0 Å². The van der Waals surface area contributed by atoms with Crippen molar-refractivity contribution in [3.63, 3.8) is 0 Å². The molecule has 104 valence electrons. The summed E-state index contributed by atoms with van der Waals surface area (Å²) in [6.45, 7) is 5.45. The highest BCUT2D eigenvalue weighted by Crippen LogP contribution is 2.21. The molecular weight excluding hydrogens is 318 g/mol. The average Bonchev–Trinajstić information content (AvgIpc) is 2.37. The van der Waals surface area contributed by atoms with Crippen molar-refractivity contribution in [2.75, 3.05) is 32.7 Å². The molecule has 3 nitrogen and oxygen atoms in total. The highest BCUT2D eigenvalue weighted by Gasteiger charge is 2.26. The van der Waals surface area contributed by atoms with Gasteiger partial charge in [-0.05, 0) is 18.7 Å². The Morgan fingerprint density at radius 2 is 1.74 bits per heavy atom. The van der Waals surface area contributed by atoms with Crippen molar-refractivity contribution in [2.24, 2.45) is 0 Å². The molecule has 1 aliphatic heterocycles. The van der Waals surface area contributed by atoms with Gasteiger partial charge in [0.2, 0.25) is 0 Å². The quantitative estimate of drug-likeness (QED) is 0.830. The van der Waals surface area contributed by atoms with E-state index in [1.807, 2.05) is 6.92 Å². The standard InChI is InChI=1S/C13H15BrF2N2O/c1-2-17-3-5-18(6-4-17)13(19)12-10(15)7-9(14)8-11(12)16/h7-8H,2-6H2,1H3. The monoisotopic (exact) mass is 332 g/mol. The Morgan fingerprint density at radius 3 is 2.21 bits per heavy atom. The number of nitrogens with zero attached hydrogens (tertiary/aromatic N) is 2. The summed E-state index contributed by atoms with van der Waals surface area (Å²) in [5.41, 5.74) is -0.465. The van der Waals surface area contributed by atoms with Gasteiger partial charge in [-0.3, -0.25) is 4.79 Å². The lowest BCUT2D eigenvalue weighted by Crippen LogP contribution is -2.48. The summed E-state index contributed by atoms with van der Waals surface area (Å²) in [4.78, 5) is 15.9. The number of hydrogen-bond donors (Lipinski definition) is 0. The maximum absolute atomic E-state index is 13.7. The number of halogens is 3. The van der Waals surface area contributed by atoms with E-state index in [1.165, 1.54) is 4.90 Å². The van der Waals surface area contributed by atoms with Gasteiger partial charge in [-0.1, -0.05) is 22.9 Å². The van der Waals surface area contributed by atoms with E-state index in [1.54, 1.807) is 0 Å². The van der Waals surface area contributed by atoms with Gasteiger partial charge in [0.05, 0.1) is 0 Å². The third kappa shape index (κ3) is 3.12. The summed E-state index contributed by atoms with van der Waals surface area (Å²) in [6, 6.07) is 2.22. The van der Waals surface area contributed by atoms with Gasteiger partial charge in [-0.25, -0.2) is 8.78 Å². The number of amides is 1. The minimum Gasteiger partial charge on any atom is -0.336 e. The SMILES string of the molecule is CCN1CCN(C(=O)c2c(F)cc(Br)cc2F)CC1. The van der Waals surface area contributed by atoms with Gasteiger partial charge in [-0.15, -0.1) is 0 Å². The molecule has 0 N–H and O–H groups in total. The molecule has 0 saturated carbocycles. The first-order valence-corrected chi connectivity index (χ1v) is 6.98. The second kappa shape index (κ2) is 5.96. The predicted molar refractivity (Wildman–Crippen MR) is 72.1 cm³/mol. The molecule has 0 aliphatic carbocycles. The highest BCUT2D eigenvalue weighted by molar-refractivity contribution is 9.10. The molecule has 0 atom stereocenters. The molecule has 1 heterocycles. The van der Waals surface area contributed by atoms with E-state index in [2.05, 4.69) is 20.8 Å². The van der Waals surface area contributed by atoms with Crippen molar-refractivity contribution >= 4 is 21.8 Å². The summed E-state index contributed by atoms with van der Waals surface area (Å²) in [5, 5.41) is 0. The minimum atomic E-state index is -0.824. The van der Waals surface area contributed by atoms with Crippen molar-refractivity contribution in [3.05, 3.63) is 33.8 Å². The molecule has 1 aromatic carbocycles. The molecule has 2 rings (SSSR count). The molecular formula is C13H15BrF2N2O. The molecule has 1 amide bonds. The number of likely N-dealkylation sites (N-methyl/N-ethyl adjacent to an activating group) is 1. The predicted octanol–water partition coefficient (Wildman–Crippen LogP) is 2.51. The van der Waals surface area contributed by atoms with Crippen molar-refractivity contribution in [1.29, 1.82) is 0 Å². The number of benzene rings is 1. The maximum Gasteiger partial charge on any atom is 0.259 e. The third-order valence-electron chi connectivity index (χ3n) is 3.33. The van der Waals surface area contributed by atoms with Crippen LogP contribution in [0.4, 0.5) is 8.78 Å². The molecule has 6 heteroatoms. The van der Waals surface area contributed by atoms with Crippen LogP contribution in [0.1, 0.15) is 17.3 Å². The summed E-state index contributed by atoms with van der Waals surface area (Å²) < 4.78 is 27.8. The number of hydrogen-bond acceptors (Lipinski definition) is 2. The zero-order chi connectivity index (χ0) is 14.0. The first-order chi connectivity index (χ1) is 9.02. The van der Waals surface area contributed by atoms with Gasteiger partial charge < -0.3 is 9.80 Å². The highest BCUT2D eigenvalue weighted by atomic mass is 79.9. The normalized spacial score (nSPS) is 16.7. The molecule has 0 unspecified atom stereocenters. The van der Waals surface area contributed by atoms with E-state index >= 15 is 0 Å². The van der Waals surface area contributed by atoms with Crippen LogP contribution in [0, 0.1) is 11.6 Å². The summed E-state index contributed by atoms with van der Waals surface area (Å²) in [6.07, 6.45) is 0. The Morgan fingerprint density at radius 1 is 1.21 bits per heavy atom. The Kier molecular flexibility index (Phi) is 4.52. The maximum atomic E-state index is 13.7. The Labute approximate surface area is 119 Å². The van der Waals surface area contributed by atoms with Crippen molar-refractivity contribution in [3.8, 4) is 0 Å². The lowest BCUT2D eigenvalue weighted by Gasteiger charge is -2.34. The summed E-state index contributed by atoms with van der Waals surface area (Å²) >= 11 is 3.00. The number of carbonyl (C=O) groups excluding carboxylic acids is 1. The van der Waals surface area contributed by atoms with Crippen LogP contribution in [-0.4, -0.2) is 48.4 Å². The van der Waals surface area contributed by atoms with Crippen LogP contribution in [-0.2, 0) is 0 Å². The Bertz CT molecular complexity index is 465. The fraction of sp³-hybridized carbons (Fsp3) is 0.462. The van der Waals surface area contributed by atoms with E-state index in [-0.39, 0.29) is 4.47 Å². The summed E-state index contributed by atoms with van der Waals surface area (Å²) in [7, 11) is 0. The average molecular weight is 333 g/mol. The molecule has 1 aliphatic rings. The zero-order valence-corrected chi connectivity index (χ0v) is 12.2. The fourth-order valence-corrected chi connectivity index (χ4v) is 2.57. The smallest absolute Gasteiger partial charge is 0.259 e. The molecule has 19 heavy (non-hydrogen) atoms. The van der Waals surface area contributed by atoms with Crippen LogP contribution in [0.2, 0.25) is 0 Å². The van der Waals surface area contributed by atoms with Crippen LogP contribution in [0.5, 0.6) is 0 Å². The van der Waals surface area contributed by atoms with Gasteiger partial charge in [0, 0.05) is 30.7 Å². The zero-order valence-electron chi connectivity index (χ0n) is 10.6. The number of rotatable bonds is 2. The first-order valence-electron chi connectivity index (χ1n) is 6.19. The summed E-state index contributed by atoms with van der Waals surface area (Å²) in [5.74, 6) is -2.22. The van der Waals surface area contributed by atoms with Gasteiger partial charge in [0.1, 0.15) is 17.2 Å². The Hall–Kier alpha value is -1.01. The lowest BCUT2D eigenvalue weighted by atomic mass is 10.1. The Balaban J connectivity index is 2.17. The molecule has 0 bridgehead atoms. The van der Waals surface area contributed by atoms with Gasteiger partial charge in [0.25, 0.3) is 5.91 Å². The molecule has 0 spiro atoms. The van der Waals surface area contributed by atoms with Crippen LogP contribution >= 0.6 is 15.9 Å². The topological polar surface area (TPSA) is 23.6 Å². The van der Waals surface area contributed by atoms with E-state index in [0.717, 1.165) is 31.8 Å². The van der Waals surface area contributed by atoms with Crippen LogP contribution in [0.3, 0.4) is 0 Å². The second-order valence-corrected chi connectivity index (χ2v) is 5.39. The minimum absolute atomic E-state index is 0.287. The van der Waals surface area contributed by atoms with E-state index < -0.39 is 23.1 Å². The molecule has 0 aromatic heterocycles. The van der Waals surface area contributed by atoms with E-state index in [4.69, 9.17) is 0 Å². The molecule has 0 radical (unpaired) electrons. The van der Waals surface area contributed by atoms with E-state index in [0.29, 0.717) is 13.1 Å². The molecule has 1 aromatic rings. The first kappa shape index (κ1) is 14.4. The van der Waals surface area contributed by atoms with E-state index in [9.17, 15) is 13.6 Å². The lowest BCUT2D eigenvalue weighted by molar-refractivity contribution is 0.0634. The van der Waals surface area contributed by atoms with Crippen molar-refractivity contribution in [2.45, 2.75) is 6.92 Å². The number of carbonyl (C=O) groups is 1. The van der Waals surface area contributed by atoms with Gasteiger partial charge >= 0.3 is 0 Å². The van der Waals surface area contributed by atoms with Crippen molar-refractivity contribution < 1.29 is 13.6 Å². The fourth-order valence-electron chi connectivity index (χ4n) is 2.17. The van der Waals surface area contributed by atoms with Crippen LogP contribution in [0.15, 0.2) is 16.6 Å². The van der Waals surface area contributed by atoms with Crippen molar-refractivity contribution in [1.82, 2.24) is 9.80 Å².